The Bertz CT molecular complexity index is 965. The van der Waals surface area contributed by atoms with Crippen molar-refractivity contribution in [3.05, 3.63) is 51.7 Å². The molecule has 3 aromatic rings. The summed E-state index contributed by atoms with van der Waals surface area (Å²) in [6.07, 6.45) is 2.53. The molecule has 158 valence electrons. The molecule has 1 unspecified atom stereocenters. The maximum atomic E-state index is 12.3. The maximum Gasteiger partial charge on any atom is 0.226 e. The third-order valence-corrected chi connectivity index (χ3v) is 6.45. The summed E-state index contributed by atoms with van der Waals surface area (Å²) in [5.41, 5.74) is 2.83. The first-order valence-corrected chi connectivity index (χ1v) is 11.7. The summed E-state index contributed by atoms with van der Waals surface area (Å²) in [6, 6.07) is 7.74. The predicted molar refractivity (Wildman–Crippen MR) is 118 cm³/mol. The first kappa shape index (κ1) is 20.8. The molecule has 1 aliphatic heterocycles. The fourth-order valence-electron chi connectivity index (χ4n) is 3.23. The van der Waals surface area contributed by atoms with Crippen molar-refractivity contribution in [1.82, 2.24) is 10.3 Å². The van der Waals surface area contributed by atoms with E-state index >= 15 is 0 Å². The average Bonchev–Trinajstić information content (AvgIpc) is 3.53. The lowest BCUT2D eigenvalue weighted by atomic mass is 10.2. The summed E-state index contributed by atoms with van der Waals surface area (Å²) < 4.78 is 16.9. The molecule has 1 fully saturated rings. The highest BCUT2D eigenvalue weighted by Crippen LogP contribution is 2.29. The predicted octanol–water partition coefficient (Wildman–Crippen LogP) is 4.30. The molecule has 2 aromatic heterocycles. The van der Waals surface area contributed by atoms with Crippen LogP contribution in [0.1, 0.15) is 24.1 Å². The minimum atomic E-state index is -0.0603. The lowest BCUT2D eigenvalue weighted by Crippen LogP contribution is -2.24. The zero-order valence-corrected chi connectivity index (χ0v) is 18.4. The Morgan fingerprint density at radius 3 is 3.00 bits per heavy atom. The van der Waals surface area contributed by atoms with Gasteiger partial charge in [-0.3, -0.25) is 4.79 Å². The zero-order chi connectivity index (χ0) is 20.8. The van der Waals surface area contributed by atoms with Crippen LogP contribution < -0.4 is 14.8 Å². The molecule has 1 N–H and O–H groups in total. The number of nitrogens with zero attached hydrogens (tertiary/aromatic N) is 1. The summed E-state index contributed by atoms with van der Waals surface area (Å²) in [4.78, 5) is 16.9. The van der Waals surface area contributed by atoms with E-state index in [1.54, 1.807) is 29.8 Å². The van der Waals surface area contributed by atoms with Crippen molar-refractivity contribution in [3.8, 4) is 22.1 Å². The highest BCUT2D eigenvalue weighted by Gasteiger charge is 2.17. The lowest BCUT2D eigenvalue weighted by Gasteiger charge is -2.15. The van der Waals surface area contributed by atoms with Crippen LogP contribution in [0.25, 0.3) is 10.6 Å². The van der Waals surface area contributed by atoms with Crippen LogP contribution in [0.2, 0.25) is 0 Å². The van der Waals surface area contributed by atoms with Crippen molar-refractivity contribution in [1.29, 1.82) is 0 Å². The van der Waals surface area contributed by atoms with Crippen molar-refractivity contribution >= 4 is 28.6 Å². The Morgan fingerprint density at radius 1 is 1.30 bits per heavy atom. The molecular weight excluding hydrogens is 420 g/mol. The standard InChI is InChI=1S/C22H24N2O4S2/c1-26-20-9-15(4-5-19(20)28-12-18-3-2-7-27-18)11-23-21(25)10-17-14-30-22(24-17)16-6-8-29-13-16/h4-6,8-9,13-14,18H,2-3,7,10-12H2,1H3,(H,23,25). The van der Waals surface area contributed by atoms with E-state index in [-0.39, 0.29) is 18.4 Å². The van der Waals surface area contributed by atoms with Crippen LogP contribution in [-0.2, 0) is 22.5 Å². The van der Waals surface area contributed by atoms with Crippen LogP contribution in [0.5, 0.6) is 11.5 Å². The number of aromatic nitrogens is 1. The normalized spacial score (nSPS) is 15.8. The number of rotatable bonds is 9. The molecule has 6 nitrogen and oxygen atoms in total. The number of nitrogens with one attached hydrogen (secondary N) is 1. The van der Waals surface area contributed by atoms with Gasteiger partial charge in [-0.2, -0.15) is 11.3 Å². The minimum Gasteiger partial charge on any atom is -0.493 e. The van der Waals surface area contributed by atoms with Gasteiger partial charge in [0.1, 0.15) is 11.6 Å². The van der Waals surface area contributed by atoms with Gasteiger partial charge in [-0.25, -0.2) is 4.98 Å². The smallest absolute Gasteiger partial charge is 0.226 e. The molecular formula is C22H24N2O4S2. The van der Waals surface area contributed by atoms with Gasteiger partial charge in [-0.1, -0.05) is 6.07 Å². The van der Waals surface area contributed by atoms with Crippen LogP contribution in [0, 0.1) is 0 Å². The van der Waals surface area contributed by atoms with Crippen molar-refractivity contribution in [2.75, 3.05) is 20.3 Å². The Balaban J connectivity index is 1.29. The van der Waals surface area contributed by atoms with Crippen LogP contribution in [0.4, 0.5) is 0 Å². The third-order valence-electron chi connectivity index (χ3n) is 4.83. The number of thiazole rings is 1. The van der Waals surface area contributed by atoms with Crippen LogP contribution in [-0.4, -0.2) is 37.3 Å². The molecule has 1 aliphatic rings. The molecule has 0 spiro atoms. The van der Waals surface area contributed by atoms with Gasteiger partial charge >= 0.3 is 0 Å². The Labute approximate surface area is 183 Å². The van der Waals surface area contributed by atoms with Gasteiger partial charge in [0.15, 0.2) is 11.5 Å². The summed E-state index contributed by atoms with van der Waals surface area (Å²) >= 11 is 3.20. The Morgan fingerprint density at radius 2 is 2.23 bits per heavy atom. The molecule has 1 atom stereocenters. The molecule has 3 heterocycles. The molecule has 0 aliphatic carbocycles. The van der Waals surface area contributed by atoms with E-state index < -0.39 is 0 Å². The fourth-order valence-corrected chi connectivity index (χ4v) is 4.77. The quantitative estimate of drug-likeness (QED) is 0.533. The van der Waals surface area contributed by atoms with Crippen molar-refractivity contribution in [2.45, 2.75) is 31.9 Å². The maximum absolute atomic E-state index is 12.3. The van der Waals surface area contributed by atoms with Crippen molar-refractivity contribution < 1.29 is 19.0 Å². The number of hydrogen-bond donors (Lipinski definition) is 1. The molecule has 0 saturated carbocycles. The van der Waals surface area contributed by atoms with E-state index in [2.05, 4.69) is 15.7 Å². The van der Waals surface area contributed by atoms with Crippen molar-refractivity contribution in [3.63, 3.8) is 0 Å². The summed E-state index contributed by atoms with van der Waals surface area (Å²) in [5, 5.41) is 9.92. The average molecular weight is 445 g/mol. The second-order valence-electron chi connectivity index (χ2n) is 7.04. The number of thiophene rings is 1. The molecule has 1 amide bonds. The molecule has 30 heavy (non-hydrogen) atoms. The van der Waals surface area contributed by atoms with Crippen LogP contribution >= 0.6 is 22.7 Å². The second kappa shape index (κ2) is 10.1. The van der Waals surface area contributed by atoms with E-state index in [0.29, 0.717) is 24.7 Å². The summed E-state index contributed by atoms with van der Waals surface area (Å²) in [7, 11) is 1.62. The number of ether oxygens (including phenoxy) is 3. The highest BCUT2D eigenvalue weighted by molar-refractivity contribution is 7.14. The largest absolute Gasteiger partial charge is 0.493 e. The Hall–Kier alpha value is -2.42. The number of amides is 1. The van der Waals surface area contributed by atoms with E-state index in [0.717, 1.165) is 41.3 Å². The van der Waals surface area contributed by atoms with Crippen LogP contribution in [0.3, 0.4) is 0 Å². The molecule has 1 aromatic carbocycles. The van der Waals surface area contributed by atoms with Gasteiger partial charge in [0.05, 0.1) is 25.3 Å². The summed E-state index contributed by atoms with van der Waals surface area (Å²) in [6.45, 7) is 1.75. The van der Waals surface area contributed by atoms with Gasteiger partial charge < -0.3 is 19.5 Å². The number of carbonyl (C=O) groups excluding carboxylic acids is 1. The minimum absolute atomic E-state index is 0.0603. The number of benzene rings is 1. The number of carbonyl (C=O) groups is 1. The van der Waals surface area contributed by atoms with Gasteiger partial charge in [0.2, 0.25) is 5.91 Å². The third kappa shape index (κ3) is 5.38. The van der Waals surface area contributed by atoms with E-state index in [1.165, 1.54) is 0 Å². The molecule has 8 heteroatoms. The molecule has 1 saturated heterocycles. The van der Waals surface area contributed by atoms with E-state index in [1.807, 2.05) is 35.0 Å². The zero-order valence-electron chi connectivity index (χ0n) is 16.8. The summed E-state index contributed by atoms with van der Waals surface area (Å²) in [5.74, 6) is 1.28. The van der Waals surface area contributed by atoms with E-state index in [9.17, 15) is 4.79 Å². The first-order valence-electron chi connectivity index (χ1n) is 9.86. The van der Waals surface area contributed by atoms with Gasteiger partial charge in [-0.05, 0) is 42.0 Å². The monoisotopic (exact) mass is 444 g/mol. The van der Waals surface area contributed by atoms with Gasteiger partial charge in [0, 0.05) is 29.5 Å². The highest BCUT2D eigenvalue weighted by atomic mass is 32.1. The van der Waals surface area contributed by atoms with Gasteiger partial charge in [-0.15, -0.1) is 11.3 Å². The van der Waals surface area contributed by atoms with Crippen LogP contribution in [0.15, 0.2) is 40.4 Å². The topological polar surface area (TPSA) is 69.7 Å². The fraction of sp³-hybridized carbons (Fsp3) is 0.364. The second-order valence-corrected chi connectivity index (χ2v) is 8.68. The van der Waals surface area contributed by atoms with E-state index in [4.69, 9.17) is 14.2 Å². The molecule has 4 rings (SSSR count). The Kier molecular flexibility index (Phi) is 6.99. The molecule has 0 bridgehead atoms. The number of methoxy groups -OCH3 is 1. The first-order chi connectivity index (χ1) is 14.7. The number of hydrogen-bond acceptors (Lipinski definition) is 7. The van der Waals surface area contributed by atoms with Crippen molar-refractivity contribution in [2.24, 2.45) is 0 Å². The SMILES string of the molecule is COc1cc(CNC(=O)Cc2csc(-c3ccsc3)n2)ccc1OCC1CCCO1. The lowest BCUT2D eigenvalue weighted by molar-refractivity contribution is -0.120. The molecule has 0 radical (unpaired) electrons. The van der Waals surface area contributed by atoms with Gasteiger partial charge in [0.25, 0.3) is 0 Å².